The molecule has 1 unspecified atom stereocenters. The summed E-state index contributed by atoms with van der Waals surface area (Å²) in [4.78, 5) is 3.75. The van der Waals surface area contributed by atoms with E-state index in [1.807, 2.05) is 0 Å². The van der Waals surface area contributed by atoms with E-state index >= 15 is 0 Å². The predicted octanol–water partition coefficient (Wildman–Crippen LogP) is -0.115. The molecule has 17 heavy (non-hydrogen) atoms. The van der Waals surface area contributed by atoms with Gasteiger partial charge in [0.1, 0.15) is 4.90 Å². The maximum atomic E-state index is 11.9. The zero-order valence-corrected chi connectivity index (χ0v) is 10.1. The lowest BCUT2D eigenvalue weighted by molar-refractivity contribution is 0.315. The smallest absolute Gasteiger partial charge is 0.242 e. The highest BCUT2D eigenvalue weighted by Gasteiger charge is 2.21. The van der Waals surface area contributed by atoms with Crippen LogP contribution in [0.2, 0.25) is 0 Å². The summed E-state index contributed by atoms with van der Waals surface area (Å²) < 4.78 is 26.1. The molecule has 0 bridgehead atoms. The van der Waals surface area contributed by atoms with Crippen LogP contribution in [-0.2, 0) is 10.0 Å². The Labute approximate surface area is 99.4 Å². The molecule has 1 rings (SSSR count). The second kappa shape index (κ2) is 5.60. The van der Waals surface area contributed by atoms with E-state index in [1.165, 1.54) is 24.5 Å². The molecule has 0 saturated heterocycles. The highest BCUT2D eigenvalue weighted by atomic mass is 32.2. The van der Waals surface area contributed by atoms with Crippen LogP contribution in [0.15, 0.2) is 34.6 Å². The summed E-state index contributed by atoms with van der Waals surface area (Å²) in [7, 11) is -3.71. The molecule has 0 amide bonds. The summed E-state index contributed by atoms with van der Waals surface area (Å²) in [5.74, 6) is -0.181. The number of oxime groups is 1. The fourth-order valence-corrected chi connectivity index (χ4v) is 2.44. The van der Waals surface area contributed by atoms with Crippen LogP contribution in [0.1, 0.15) is 13.3 Å². The number of pyridine rings is 1. The van der Waals surface area contributed by atoms with Crippen LogP contribution >= 0.6 is 0 Å². The molecule has 4 N–H and O–H groups in total. The van der Waals surface area contributed by atoms with Gasteiger partial charge >= 0.3 is 0 Å². The van der Waals surface area contributed by atoms with Crippen LogP contribution in [0.25, 0.3) is 0 Å². The quantitative estimate of drug-likeness (QED) is 0.294. The summed E-state index contributed by atoms with van der Waals surface area (Å²) in [5.41, 5.74) is 5.37. The van der Waals surface area contributed by atoms with Crippen molar-refractivity contribution in [3.05, 3.63) is 24.5 Å². The number of rotatable bonds is 5. The first-order valence-corrected chi connectivity index (χ1v) is 6.39. The minimum Gasteiger partial charge on any atom is -0.409 e. The van der Waals surface area contributed by atoms with Gasteiger partial charge in [-0.2, -0.15) is 0 Å². The molecular formula is C9H14N4O3S. The van der Waals surface area contributed by atoms with Crippen LogP contribution < -0.4 is 10.5 Å². The Morgan fingerprint density at radius 3 is 2.88 bits per heavy atom. The molecular weight excluding hydrogens is 244 g/mol. The van der Waals surface area contributed by atoms with Crippen LogP contribution in [0.5, 0.6) is 0 Å². The number of nitrogens with zero attached hydrogens (tertiary/aromatic N) is 2. The number of amidine groups is 1. The summed E-state index contributed by atoms with van der Waals surface area (Å²) >= 11 is 0. The molecule has 94 valence electrons. The Morgan fingerprint density at radius 2 is 2.41 bits per heavy atom. The first-order chi connectivity index (χ1) is 8.01. The molecule has 7 nitrogen and oxygen atoms in total. The van der Waals surface area contributed by atoms with E-state index in [-0.39, 0.29) is 10.7 Å². The number of nitrogens with one attached hydrogen (secondary N) is 1. The van der Waals surface area contributed by atoms with Crippen LogP contribution in [0.4, 0.5) is 0 Å². The van der Waals surface area contributed by atoms with Crippen molar-refractivity contribution in [1.82, 2.24) is 9.71 Å². The maximum absolute atomic E-state index is 11.9. The highest BCUT2D eigenvalue weighted by Crippen LogP contribution is 2.07. The van der Waals surface area contributed by atoms with E-state index in [1.54, 1.807) is 6.92 Å². The van der Waals surface area contributed by atoms with Gasteiger partial charge in [-0.15, -0.1) is 0 Å². The first kappa shape index (κ1) is 13.4. The molecule has 8 heteroatoms. The van der Waals surface area contributed by atoms with E-state index in [2.05, 4.69) is 14.9 Å². The molecule has 0 fully saturated rings. The van der Waals surface area contributed by atoms with Crippen molar-refractivity contribution in [2.24, 2.45) is 10.9 Å². The third-order valence-corrected chi connectivity index (χ3v) is 3.58. The van der Waals surface area contributed by atoms with Gasteiger partial charge in [0.05, 0.1) is 6.04 Å². The van der Waals surface area contributed by atoms with Crippen molar-refractivity contribution in [1.29, 1.82) is 0 Å². The molecule has 0 aromatic carbocycles. The van der Waals surface area contributed by atoms with E-state index in [4.69, 9.17) is 10.9 Å². The Kier molecular flexibility index (Phi) is 4.41. The van der Waals surface area contributed by atoms with Gasteiger partial charge in [0, 0.05) is 12.4 Å². The number of hydrogen-bond donors (Lipinski definition) is 3. The van der Waals surface area contributed by atoms with Crippen LogP contribution in [-0.4, -0.2) is 30.5 Å². The molecule has 0 aliphatic carbocycles. The van der Waals surface area contributed by atoms with Crippen LogP contribution in [0.3, 0.4) is 0 Å². The summed E-state index contributed by atoms with van der Waals surface area (Å²) in [6, 6.07) is 2.18. The van der Waals surface area contributed by atoms with Crippen molar-refractivity contribution < 1.29 is 13.6 Å². The Hall–Kier alpha value is -1.67. The van der Waals surface area contributed by atoms with E-state index in [0.717, 1.165) is 0 Å². The number of sulfonamides is 1. The molecule has 1 atom stereocenters. The highest BCUT2D eigenvalue weighted by molar-refractivity contribution is 7.89. The Bertz CT molecular complexity index is 486. The van der Waals surface area contributed by atoms with Gasteiger partial charge in [0.2, 0.25) is 10.0 Å². The van der Waals surface area contributed by atoms with Gasteiger partial charge in [0.15, 0.2) is 5.84 Å². The molecule has 1 heterocycles. The molecule has 0 radical (unpaired) electrons. The van der Waals surface area contributed by atoms with E-state index in [0.29, 0.717) is 6.42 Å². The van der Waals surface area contributed by atoms with Gasteiger partial charge in [-0.05, 0) is 18.6 Å². The minimum atomic E-state index is -3.71. The van der Waals surface area contributed by atoms with Gasteiger partial charge < -0.3 is 10.9 Å². The third kappa shape index (κ3) is 3.40. The Morgan fingerprint density at radius 1 is 1.71 bits per heavy atom. The average molecular weight is 258 g/mol. The summed E-state index contributed by atoms with van der Waals surface area (Å²) in [6.45, 7) is 1.72. The molecule has 1 aromatic heterocycles. The fourth-order valence-electron chi connectivity index (χ4n) is 1.18. The molecule has 0 spiro atoms. The number of nitrogens with two attached hydrogens (primary N) is 1. The Balaban J connectivity index is 2.94. The van der Waals surface area contributed by atoms with Gasteiger partial charge in [-0.25, -0.2) is 13.1 Å². The third-order valence-electron chi connectivity index (χ3n) is 2.12. The second-order valence-electron chi connectivity index (χ2n) is 3.30. The standard InChI is InChI=1S/C9H14N4O3S/c1-2-8(9(10)12-14)13-17(15,16)7-4-3-5-11-6-7/h3-6,8,13-14H,2H2,1H3,(H2,10,12). The monoisotopic (exact) mass is 258 g/mol. The van der Waals surface area contributed by atoms with Crippen molar-refractivity contribution in [2.45, 2.75) is 24.3 Å². The second-order valence-corrected chi connectivity index (χ2v) is 5.01. The SMILES string of the molecule is CCC(NS(=O)(=O)c1cccnc1)/C(N)=N/O. The normalized spacial score (nSPS) is 14.5. The lowest BCUT2D eigenvalue weighted by atomic mass is 10.2. The van der Waals surface area contributed by atoms with Crippen molar-refractivity contribution in [2.75, 3.05) is 0 Å². The minimum absolute atomic E-state index is 0.0317. The number of hydrogen-bond acceptors (Lipinski definition) is 5. The number of aromatic nitrogens is 1. The van der Waals surface area contributed by atoms with E-state index < -0.39 is 16.1 Å². The van der Waals surface area contributed by atoms with Gasteiger partial charge in [0.25, 0.3) is 0 Å². The zero-order valence-electron chi connectivity index (χ0n) is 9.24. The molecule has 0 aliphatic heterocycles. The van der Waals surface area contributed by atoms with E-state index in [9.17, 15) is 8.42 Å². The predicted molar refractivity (Wildman–Crippen MR) is 62.0 cm³/mol. The van der Waals surface area contributed by atoms with Crippen molar-refractivity contribution in [3.8, 4) is 0 Å². The summed E-state index contributed by atoms with van der Waals surface area (Å²) in [6.07, 6.45) is 3.07. The maximum Gasteiger partial charge on any atom is 0.242 e. The van der Waals surface area contributed by atoms with Gasteiger partial charge in [-0.1, -0.05) is 12.1 Å². The van der Waals surface area contributed by atoms with Gasteiger partial charge in [-0.3, -0.25) is 4.98 Å². The molecule has 1 aromatic rings. The zero-order chi connectivity index (χ0) is 12.9. The first-order valence-electron chi connectivity index (χ1n) is 4.91. The average Bonchev–Trinajstić information content (AvgIpc) is 2.36. The lowest BCUT2D eigenvalue weighted by Gasteiger charge is -2.15. The van der Waals surface area contributed by atoms with Crippen LogP contribution in [0, 0.1) is 0 Å². The topological polar surface area (TPSA) is 118 Å². The molecule has 0 aliphatic rings. The summed E-state index contributed by atoms with van der Waals surface area (Å²) in [5, 5.41) is 11.3. The van der Waals surface area contributed by atoms with Crippen molar-refractivity contribution in [3.63, 3.8) is 0 Å². The largest absolute Gasteiger partial charge is 0.409 e. The lowest BCUT2D eigenvalue weighted by Crippen LogP contribution is -2.44. The van der Waals surface area contributed by atoms with Crippen molar-refractivity contribution >= 4 is 15.9 Å². The fraction of sp³-hybridized carbons (Fsp3) is 0.333. The molecule has 0 saturated carbocycles.